The van der Waals surface area contributed by atoms with Gasteiger partial charge in [-0.25, -0.2) is 13.1 Å². The predicted octanol–water partition coefficient (Wildman–Crippen LogP) is 3.08. The first kappa shape index (κ1) is 19.6. The molecule has 0 saturated carbocycles. The summed E-state index contributed by atoms with van der Waals surface area (Å²) in [4.78, 5) is 15.5. The summed E-state index contributed by atoms with van der Waals surface area (Å²) in [5, 5.41) is 1.98. The van der Waals surface area contributed by atoms with E-state index in [1.165, 1.54) is 0 Å². The van der Waals surface area contributed by atoms with Crippen LogP contribution in [0.1, 0.15) is 29.3 Å². The SMILES string of the molecule is CCN(Cc1cccs1)C(=O)CCNS(=O)(=O)c1cc(C)ccc1C. The number of nitrogens with zero attached hydrogens (tertiary/aromatic N) is 1. The van der Waals surface area contributed by atoms with Gasteiger partial charge < -0.3 is 4.90 Å². The molecule has 1 aromatic heterocycles. The molecule has 0 spiro atoms. The van der Waals surface area contributed by atoms with E-state index in [1.807, 2.05) is 37.4 Å². The van der Waals surface area contributed by atoms with Crippen molar-refractivity contribution in [2.75, 3.05) is 13.1 Å². The largest absolute Gasteiger partial charge is 0.338 e. The highest BCUT2D eigenvalue weighted by Crippen LogP contribution is 2.17. The minimum atomic E-state index is -3.61. The molecule has 0 unspecified atom stereocenters. The van der Waals surface area contributed by atoms with Gasteiger partial charge in [0, 0.05) is 24.4 Å². The second-order valence-electron chi connectivity index (χ2n) is 5.90. The van der Waals surface area contributed by atoms with Crippen LogP contribution in [-0.2, 0) is 21.4 Å². The summed E-state index contributed by atoms with van der Waals surface area (Å²) in [6.07, 6.45) is 0.142. The molecule has 0 atom stereocenters. The molecule has 1 amide bonds. The van der Waals surface area contributed by atoms with Crippen LogP contribution in [0.15, 0.2) is 40.6 Å². The smallest absolute Gasteiger partial charge is 0.240 e. The number of hydrogen-bond acceptors (Lipinski definition) is 4. The van der Waals surface area contributed by atoms with E-state index in [2.05, 4.69) is 4.72 Å². The molecule has 1 heterocycles. The van der Waals surface area contributed by atoms with Crippen molar-refractivity contribution in [1.29, 1.82) is 0 Å². The third kappa shape index (κ3) is 5.39. The van der Waals surface area contributed by atoms with Crippen LogP contribution in [0.5, 0.6) is 0 Å². The zero-order chi connectivity index (χ0) is 18.4. The minimum Gasteiger partial charge on any atom is -0.338 e. The number of rotatable bonds is 8. The van der Waals surface area contributed by atoms with Gasteiger partial charge in [-0.1, -0.05) is 18.2 Å². The van der Waals surface area contributed by atoms with Gasteiger partial charge >= 0.3 is 0 Å². The van der Waals surface area contributed by atoms with Crippen LogP contribution in [-0.4, -0.2) is 32.3 Å². The lowest BCUT2D eigenvalue weighted by molar-refractivity contribution is -0.131. The summed E-state index contributed by atoms with van der Waals surface area (Å²) in [7, 11) is -3.61. The van der Waals surface area contributed by atoms with Gasteiger partial charge in [-0.05, 0) is 49.4 Å². The van der Waals surface area contributed by atoms with Crippen molar-refractivity contribution < 1.29 is 13.2 Å². The summed E-state index contributed by atoms with van der Waals surface area (Å²) in [6.45, 7) is 6.79. The van der Waals surface area contributed by atoms with Gasteiger partial charge in [0.05, 0.1) is 11.4 Å². The van der Waals surface area contributed by atoms with Gasteiger partial charge in [0.15, 0.2) is 0 Å². The quantitative estimate of drug-likeness (QED) is 0.765. The minimum absolute atomic E-state index is 0.0560. The number of benzene rings is 1. The van der Waals surface area contributed by atoms with E-state index in [4.69, 9.17) is 0 Å². The number of thiophene rings is 1. The van der Waals surface area contributed by atoms with Crippen LogP contribution < -0.4 is 4.72 Å². The number of carbonyl (C=O) groups is 1. The first-order chi connectivity index (χ1) is 11.8. The zero-order valence-electron chi connectivity index (χ0n) is 14.8. The van der Waals surface area contributed by atoms with E-state index < -0.39 is 10.0 Å². The number of aryl methyl sites for hydroxylation is 2. The topological polar surface area (TPSA) is 66.5 Å². The van der Waals surface area contributed by atoms with Gasteiger partial charge in [-0.2, -0.15) is 0 Å². The molecule has 0 bridgehead atoms. The first-order valence-corrected chi connectivity index (χ1v) is 10.6. The van der Waals surface area contributed by atoms with Crippen LogP contribution in [0.2, 0.25) is 0 Å². The lowest BCUT2D eigenvalue weighted by atomic mass is 10.2. The van der Waals surface area contributed by atoms with Crippen molar-refractivity contribution in [2.45, 2.75) is 38.6 Å². The monoisotopic (exact) mass is 380 g/mol. The summed E-state index contributed by atoms with van der Waals surface area (Å²) in [6, 6.07) is 9.26. The van der Waals surface area contributed by atoms with Crippen LogP contribution >= 0.6 is 11.3 Å². The summed E-state index contributed by atoms with van der Waals surface area (Å²) >= 11 is 1.61. The number of amides is 1. The van der Waals surface area contributed by atoms with Crippen LogP contribution in [0.3, 0.4) is 0 Å². The van der Waals surface area contributed by atoms with E-state index in [0.717, 1.165) is 10.4 Å². The molecule has 25 heavy (non-hydrogen) atoms. The average molecular weight is 381 g/mol. The highest BCUT2D eigenvalue weighted by atomic mass is 32.2. The fourth-order valence-corrected chi connectivity index (χ4v) is 4.57. The number of nitrogens with one attached hydrogen (secondary N) is 1. The fourth-order valence-electron chi connectivity index (χ4n) is 2.49. The van der Waals surface area contributed by atoms with E-state index in [9.17, 15) is 13.2 Å². The molecule has 0 aliphatic rings. The van der Waals surface area contributed by atoms with E-state index in [1.54, 1.807) is 35.3 Å². The van der Waals surface area contributed by atoms with Gasteiger partial charge in [0.2, 0.25) is 15.9 Å². The third-order valence-corrected chi connectivity index (χ3v) is 6.39. The first-order valence-electron chi connectivity index (χ1n) is 8.20. The Morgan fingerprint density at radius 2 is 2.00 bits per heavy atom. The van der Waals surface area contributed by atoms with Gasteiger partial charge in [0.25, 0.3) is 0 Å². The van der Waals surface area contributed by atoms with Gasteiger partial charge in [0.1, 0.15) is 0 Å². The Bertz CT molecular complexity index is 815. The maximum absolute atomic E-state index is 12.4. The van der Waals surface area contributed by atoms with Gasteiger partial charge in [-0.3, -0.25) is 4.79 Å². The predicted molar refractivity (Wildman–Crippen MR) is 101 cm³/mol. The second kappa shape index (κ2) is 8.60. The molecule has 2 aromatic rings. The van der Waals surface area contributed by atoms with E-state index in [-0.39, 0.29) is 23.8 Å². The molecule has 0 fully saturated rings. The molecule has 1 N–H and O–H groups in total. The molecule has 0 aliphatic heterocycles. The van der Waals surface area contributed by atoms with Crippen LogP contribution in [0.4, 0.5) is 0 Å². The van der Waals surface area contributed by atoms with Crippen molar-refractivity contribution in [3.05, 3.63) is 51.7 Å². The maximum Gasteiger partial charge on any atom is 0.240 e. The molecular weight excluding hydrogens is 356 g/mol. The Morgan fingerprint density at radius 3 is 2.64 bits per heavy atom. The van der Waals surface area contributed by atoms with Crippen molar-refractivity contribution in [3.63, 3.8) is 0 Å². The summed E-state index contributed by atoms with van der Waals surface area (Å²) in [5.41, 5.74) is 1.58. The number of hydrogen-bond donors (Lipinski definition) is 1. The highest BCUT2D eigenvalue weighted by molar-refractivity contribution is 7.89. The normalized spacial score (nSPS) is 11.5. The van der Waals surface area contributed by atoms with Gasteiger partial charge in [-0.15, -0.1) is 11.3 Å². The summed E-state index contributed by atoms with van der Waals surface area (Å²) < 4.78 is 27.4. The standard InChI is InChI=1S/C18H24N2O3S2/c1-4-20(13-16-6-5-11-24-16)18(21)9-10-19-25(22,23)17-12-14(2)7-8-15(17)3/h5-8,11-12,19H,4,9-10,13H2,1-3H3. The fraction of sp³-hybridized carbons (Fsp3) is 0.389. The molecule has 0 aliphatic carbocycles. The average Bonchev–Trinajstić information content (AvgIpc) is 3.07. The van der Waals surface area contributed by atoms with Crippen molar-refractivity contribution >= 4 is 27.3 Å². The molecule has 0 saturated heterocycles. The Balaban J connectivity index is 1.94. The molecule has 5 nitrogen and oxygen atoms in total. The zero-order valence-corrected chi connectivity index (χ0v) is 16.4. The van der Waals surface area contributed by atoms with E-state index in [0.29, 0.717) is 18.7 Å². The molecule has 7 heteroatoms. The highest BCUT2D eigenvalue weighted by Gasteiger charge is 2.18. The van der Waals surface area contributed by atoms with Crippen molar-refractivity contribution in [2.24, 2.45) is 0 Å². The third-order valence-electron chi connectivity index (χ3n) is 3.93. The molecule has 0 radical (unpaired) electrons. The molecule has 1 aromatic carbocycles. The van der Waals surface area contributed by atoms with E-state index >= 15 is 0 Å². The van der Waals surface area contributed by atoms with Crippen LogP contribution in [0, 0.1) is 13.8 Å². The Kier molecular flexibility index (Phi) is 6.75. The maximum atomic E-state index is 12.4. The Hall–Kier alpha value is -1.70. The molecule has 2 rings (SSSR count). The lowest BCUT2D eigenvalue weighted by Gasteiger charge is -2.20. The molecular formula is C18H24N2O3S2. The lowest BCUT2D eigenvalue weighted by Crippen LogP contribution is -2.34. The van der Waals surface area contributed by atoms with Crippen LogP contribution in [0.25, 0.3) is 0 Å². The number of sulfonamides is 1. The summed E-state index contributed by atoms with van der Waals surface area (Å²) in [5.74, 6) is -0.0560. The number of carbonyl (C=O) groups excluding carboxylic acids is 1. The molecule has 136 valence electrons. The Labute approximate surface area is 153 Å². The Morgan fingerprint density at radius 1 is 1.24 bits per heavy atom. The van der Waals surface area contributed by atoms with Crippen molar-refractivity contribution in [1.82, 2.24) is 9.62 Å². The van der Waals surface area contributed by atoms with Crippen molar-refractivity contribution in [3.8, 4) is 0 Å². The second-order valence-corrected chi connectivity index (χ2v) is 8.67.